The maximum atomic E-state index is 13.0. The van der Waals surface area contributed by atoms with Gasteiger partial charge in [0, 0.05) is 12.2 Å². The molecule has 0 aliphatic carbocycles. The Balaban J connectivity index is 2.00. The highest BCUT2D eigenvalue weighted by atomic mass is 16.5. The molecule has 0 saturated heterocycles. The molecule has 1 aliphatic rings. The summed E-state index contributed by atoms with van der Waals surface area (Å²) < 4.78 is 11.2. The van der Waals surface area contributed by atoms with E-state index in [9.17, 15) is 4.79 Å². The first kappa shape index (κ1) is 17.9. The fraction of sp³-hybridized carbons (Fsp3) is 0.286. The second kappa shape index (κ2) is 7.95. The van der Waals surface area contributed by atoms with Gasteiger partial charge in [-0.05, 0) is 36.2 Å². The molecule has 2 aromatic rings. The number of fused-ring (bicyclic) bond motifs is 1. The molecule has 5 nitrogen and oxygen atoms in total. The summed E-state index contributed by atoms with van der Waals surface area (Å²) in [6.45, 7) is 6.90. The van der Waals surface area contributed by atoms with Crippen molar-refractivity contribution in [3.05, 3.63) is 66.2 Å². The van der Waals surface area contributed by atoms with Gasteiger partial charge in [0.05, 0.1) is 19.3 Å². The highest BCUT2D eigenvalue weighted by Crippen LogP contribution is 2.36. The first-order chi connectivity index (χ1) is 12.7. The van der Waals surface area contributed by atoms with Crippen molar-refractivity contribution in [1.29, 1.82) is 0 Å². The van der Waals surface area contributed by atoms with E-state index in [1.807, 2.05) is 42.5 Å². The maximum Gasteiger partial charge on any atom is 0.258 e. The number of para-hydroxylation sites is 1. The molecule has 0 saturated carbocycles. The topological polar surface area (TPSA) is 50.8 Å². The van der Waals surface area contributed by atoms with Crippen molar-refractivity contribution in [2.45, 2.75) is 19.5 Å². The summed E-state index contributed by atoms with van der Waals surface area (Å²) in [5.41, 5.74) is 2.43. The van der Waals surface area contributed by atoms with Crippen LogP contribution in [0.25, 0.3) is 0 Å². The molecule has 1 atom stereocenters. The lowest BCUT2D eigenvalue weighted by Crippen LogP contribution is -2.42. The maximum absolute atomic E-state index is 13.0. The fourth-order valence-electron chi connectivity index (χ4n) is 3.07. The van der Waals surface area contributed by atoms with Gasteiger partial charge in [-0.25, -0.2) is 0 Å². The minimum absolute atomic E-state index is 0.0175. The molecule has 0 aromatic heterocycles. The first-order valence-corrected chi connectivity index (χ1v) is 8.77. The summed E-state index contributed by atoms with van der Waals surface area (Å²) in [5, 5.41) is 3.46. The molecular formula is C21H24N2O3. The molecule has 1 N–H and O–H groups in total. The number of benzene rings is 2. The molecule has 0 fully saturated rings. The Morgan fingerprint density at radius 3 is 2.77 bits per heavy atom. The number of ether oxygens (including phenoxy) is 2. The van der Waals surface area contributed by atoms with Crippen molar-refractivity contribution in [1.82, 2.24) is 4.90 Å². The van der Waals surface area contributed by atoms with Crippen molar-refractivity contribution >= 4 is 11.6 Å². The van der Waals surface area contributed by atoms with Crippen molar-refractivity contribution in [3.63, 3.8) is 0 Å². The predicted octanol–water partition coefficient (Wildman–Crippen LogP) is 4.24. The van der Waals surface area contributed by atoms with Gasteiger partial charge in [-0.15, -0.1) is 6.58 Å². The molecule has 5 heteroatoms. The van der Waals surface area contributed by atoms with E-state index in [1.165, 1.54) is 0 Å². The van der Waals surface area contributed by atoms with Crippen molar-refractivity contribution in [2.75, 3.05) is 25.6 Å². The average Bonchev–Trinajstić information content (AvgIpc) is 2.68. The minimum atomic E-state index is -0.301. The van der Waals surface area contributed by atoms with Gasteiger partial charge in [-0.2, -0.15) is 0 Å². The molecular weight excluding hydrogens is 328 g/mol. The van der Waals surface area contributed by atoms with Crippen molar-refractivity contribution in [2.24, 2.45) is 0 Å². The van der Waals surface area contributed by atoms with Crippen molar-refractivity contribution < 1.29 is 14.3 Å². The van der Waals surface area contributed by atoms with Gasteiger partial charge in [0.15, 0.2) is 11.5 Å². The van der Waals surface area contributed by atoms with E-state index in [2.05, 4.69) is 18.8 Å². The number of carbonyl (C=O) groups is 1. The lowest BCUT2D eigenvalue weighted by Gasteiger charge is -2.37. The van der Waals surface area contributed by atoms with Crippen LogP contribution in [0.5, 0.6) is 11.5 Å². The van der Waals surface area contributed by atoms with Gasteiger partial charge in [0.25, 0.3) is 5.91 Å². The second-order valence-electron chi connectivity index (χ2n) is 6.10. The van der Waals surface area contributed by atoms with Crippen LogP contribution in [-0.4, -0.2) is 31.1 Å². The normalized spacial score (nSPS) is 15.8. The van der Waals surface area contributed by atoms with Gasteiger partial charge in [-0.3, -0.25) is 4.79 Å². The molecule has 3 rings (SSSR count). The molecule has 1 heterocycles. The number of hydrogen-bond acceptors (Lipinski definition) is 4. The van der Waals surface area contributed by atoms with E-state index >= 15 is 0 Å². The van der Waals surface area contributed by atoms with Crippen LogP contribution in [0.15, 0.2) is 55.1 Å². The molecule has 0 radical (unpaired) electrons. The lowest BCUT2D eigenvalue weighted by atomic mass is 10.0. The van der Waals surface area contributed by atoms with E-state index in [0.29, 0.717) is 30.2 Å². The van der Waals surface area contributed by atoms with Crippen LogP contribution in [0.1, 0.15) is 35.4 Å². The third-order valence-electron chi connectivity index (χ3n) is 4.31. The summed E-state index contributed by atoms with van der Waals surface area (Å²) in [5.74, 6) is 1.34. The zero-order chi connectivity index (χ0) is 18.5. The smallest absolute Gasteiger partial charge is 0.258 e. The molecule has 2 aromatic carbocycles. The average molecular weight is 352 g/mol. The molecule has 26 heavy (non-hydrogen) atoms. The zero-order valence-electron chi connectivity index (χ0n) is 15.2. The molecule has 1 aliphatic heterocycles. The monoisotopic (exact) mass is 352 g/mol. The number of nitrogens with zero attached hydrogens (tertiary/aromatic N) is 1. The number of hydrogen-bond donors (Lipinski definition) is 1. The molecule has 1 amide bonds. The number of methoxy groups -OCH3 is 1. The van der Waals surface area contributed by atoms with E-state index < -0.39 is 0 Å². The third-order valence-corrected chi connectivity index (χ3v) is 4.31. The summed E-state index contributed by atoms with van der Waals surface area (Å²) in [4.78, 5) is 14.7. The predicted molar refractivity (Wildman–Crippen MR) is 103 cm³/mol. The van der Waals surface area contributed by atoms with Crippen LogP contribution < -0.4 is 14.8 Å². The van der Waals surface area contributed by atoms with Crippen LogP contribution in [0.2, 0.25) is 0 Å². The van der Waals surface area contributed by atoms with Gasteiger partial charge in [-0.1, -0.05) is 31.2 Å². The van der Waals surface area contributed by atoms with E-state index in [0.717, 1.165) is 17.7 Å². The van der Waals surface area contributed by atoms with Gasteiger partial charge in [0.2, 0.25) is 0 Å². The Bertz CT molecular complexity index is 804. The lowest BCUT2D eigenvalue weighted by molar-refractivity contribution is 0.0707. The third kappa shape index (κ3) is 3.38. The quantitative estimate of drug-likeness (QED) is 0.758. The highest BCUT2D eigenvalue weighted by Gasteiger charge is 2.32. The molecule has 1 unspecified atom stereocenters. The number of amides is 1. The van der Waals surface area contributed by atoms with Crippen LogP contribution >= 0.6 is 0 Å². The SMILES string of the molecule is C=CCN1C(=O)c2ccccc2NC1c1ccc(OC)c(OCCC)c1. The largest absolute Gasteiger partial charge is 0.493 e. The van der Waals surface area contributed by atoms with Gasteiger partial charge in [0.1, 0.15) is 6.17 Å². The molecule has 0 bridgehead atoms. The van der Waals surface area contributed by atoms with Gasteiger partial charge < -0.3 is 19.7 Å². The summed E-state index contributed by atoms with van der Waals surface area (Å²) in [6, 6.07) is 13.3. The Kier molecular flexibility index (Phi) is 5.46. The summed E-state index contributed by atoms with van der Waals surface area (Å²) in [6.07, 6.45) is 2.34. The van der Waals surface area contributed by atoms with Crippen molar-refractivity contribution in [3.8, 4) is 11.5 Å². The first-order valence-electron chi connectivity index (χ1n) is 8.77. The molecule has 0 spiro atoms. The number of rotatable bonds is 7. The van der Waals surface area contributed by atoms with Crippen LogP contribution in [0, 0.1) is 0 Å². The standard InChI is InChI=1S/C21H24N2O3/c1-4-12-23-20(22-17-9-7-6-8-16(17)21(23)24)15-10-11-18(25-3)19(14-15)26-13-5-2/h4,6-11,14,20,22H,1,5,12-13H2,2-3H3. The Morgan fingerprint density at radius 1 is 1.23 bits per heavy atom. The summed E-state index contributed by atoms with van der Waals surface area (Å²) >= 11 is 0. The second-order valence-corrected chi connectivity index (χ2v) is 6.10. The Morgan fingerprint density at radius 2 is 2.04 bits per heavy atom. The number of anilines is 1. The van der Waals surface area contributed by atoms with E-state index in [4.69, 9.17) is 9.47 Å². The Labute approximate surface area is 154 Å². The fourth-order valence-corrected chi connectivity index (χ4v) is 3.07. The van der Waals surface area contributed by atoms with Crippen LogP contribution in [-0.2, 0) is 0 Å². The van der Waals surface area contributed by atoms with E-state index in [1.54, 1.807) is 18.1 Å². The molecule has 136 valence electrons. The van der Waals surface area contributed by atoms with Crippen LogP contribution in [0.3, 0.4) is 0 Å². The van der Waals surface area contributed by atoms with E-state index in [-0.39, 0.29) is 12.1 Å². The Hall–Kier alpha value is -2.95. The van der Waals surface area contributed by atoms with Gasteiger partial charge >= 0.3 is 0 Å². The number of carbonyl (C=O) groups excluding carboxylic acids is 1. The minimum Gasteiger partial charge on any atom is -0.493 e. The van der Waals surface area contributed by atoms with Crippen LogP contribution in [0.4, 0.5) is 5.69 Å². The summed E-state index contributed by atoms with van der Waals surface area (Å²) in [7, 11) is 1.62. The number of nitrogens with one attached hydrogen (secondary N) is 1. The highest BCUT2D eigenvalue weighted by molar-refractivity contribution is 6.01. The zero-order valence-corrected chi connectivity index (χ0v) is 15.2.